The zero-order valence-electron chi connectivity index (χ0n) is 13.4. The molecule has 0 unspecified atom stereocenters. The molecule has 21 heavy (non-hydrogen) atoms. The van der Waals surface area contributed by atoms with Gasteiger partial charge in [0.25, 0.3) is 0 Å². The Morgan fingerprint density at radius 2 is 2.24 bits per heavy atom. The van der Waals surface area contributed by atoms with E-state index in [4.69, 9.17) is 4.74 Å². The number of hydrogen-bond donors (Lipinski definition) is 2. The second kappa shape index (κ2) is 6.47. The van der Waals surface area contributed by atoms with E-state index in [2.05, 4.69) is 15.3 Å². The van der Waals surface area contributed by atoms with E-state index in [1.54, 1.807) is 6.33 Å². The lowest BCUT2D eigenvalue weighted by atomic mass is 10.2. The van der Waals surface area contributed by atoms with E-state index in [0.717, 1.165) is 30.8 Å². The average Bonchev–Trinajstić information content (AvgIpc) is 3.11. The molecular formula is C15H26N4O2. The molecule has 0 aromatic carbocycles. The van der Waals surface area contributed by atoms with Crippen molar-refractivity contribution in [2.75, 3.05) is 13.1 Å². The van der Waals surface area contributed by atoms with Crippen molar-refractivity contribution in [2.45, 2.75) is 58.7 Å². The monoisotopic (exact) mass is 294 g/mol. The van der Waals surface area contributed by atoms with Crippen molar-refractivity contribution in [3.8, 4) is 0 Å². The fourth-order valence-corrected chi connectivity index (χ4v) is 2.10. The number of nitrogens with one attached hydrogen (secondary N) is 2. The molecule has 6 heteroatoms. The Morgan fingerprint density at radius 1 is 1.52 bits per heavy atom. The van der Waals surface area contributed by atoms with Gasteiger partial charge in [-0.25, -0.2) is 9.78 Å². The lowest BCUT2D eigenvalue weighted by Gasteiger charge is -2.27. The molecule has 0 atom stereocenters. The van der Waals surface area contributed by atoms with Crippen molar-refractivity contribution < 1.29 is 9.53 Å². The van der Waals surface area contributed by atoms with Gasteiger partial charge in [0.1, 0.15) is 5.60 Å². The number of aromatic amines is 1. The standard InChI is InChI=1S/C15H26N4O2/c1-11-13(18-10-17-11)9-16-7-8-19(12-5-6-12)14(20)21-15(2,3)4/h10,12,16H,5-9H2,1-4H3,(H,17,18). The Bertz CT molecular complexity index is 474. The topological polar surface area (TPSA) is 70.2 Å². The number of amides is 1. The molecule has 0 saturated heterocycles. The maximum atomic E-state index is 12.2. The molecule has 1 aromatic rings. The van der Waals surface area contributed by atoms with Crippen LogP contribution >= 0.6 is 0 Å². The van der Waals surface area contributed by atoms with Crippen molar-refractivity contribution in [1.29, 1.82) is 0 Å². The second-order valence-corrected chi connectivity index (χ2v) is 6.56. The van der Waals surface area contributed by atoms with Gasteiger partial charge in [-0.2, -0.15) is 0 Å². The predicted octanol–water partition coefficient (Wildman–Crippen LogP) is 2.21. The molecule has 1 saturated carbocycles. The summed E-state index contributed by atoms with van der Waals surface area (Å²) in [6.07, 6.45) is 3.65. The summed E-state index contributed by atoms with van der Waals surface area (Å²) >= 11 is 0. The number of H-pyrrole nitrogens is 1. The summed E-state index contributed by atoms with van der Waals surface area (Å²) in [6.45, 7) is 9.81. The van der Waals surface area contributed by atoms with Gasteiger partial charge < -0.3 is 19.9 Å². The zero-order valence-corrected chi connectivity index (χ0v) is 13.4. The molecule has 1 aromatic heterocycles. The van der Waals surface area contributed by atoms with Gasteiger partial charge in [0.15, 0.2) is 0 Å². The molecule has 1 amide bonds. The molecule has 0 radical (unpaired) electrons. The summed E-state index contributed by atoms with van der Waals surface area (Å²) in [5, 5.41) is 3.33. The van der Waals surface area contributed by atoms with Crippen LogP contribution in [0.25, 0.3) is 0 Å². The highest BCUT2D eigenvalue weighted by atomic mass is 16.6. The van der Waals surface area contributed by atoms with E-state index in [0.29, 0.717) is 19.1 Å². The number of carbonyl (C=O) groups excluding carboxylic acids is 1. The number of hydrogen-bond acceptors (Lipinski definition) is 4. The molecule has 6 nitrogen and oxygen atoms in total. The third-order valence-electron chi connectivity index (χ3n) is 3.37. The van der Waals surface area contributed by atoms with Gasteiger partial charge in [0, 0.05) is 31.4 Å². The van der Waals surface area contributed by atoms with Crippen molar-refractivity contribution >= 4 is 6.09 Å². The van der Waals surface area contributed by atoms with Gasteiger partial charge in [-0.05, 0) is 40.5 Å². The van der Waals surface area contributed by atoms with Gasteiger partial charge in [0.05, 0.1) is 12.0 Å². The fourth-order valence-electron chi connectivity index (χ4n) is 2.10. The third kappa shape index (κ3) is 5.04. The van der Waals surface area contributed by atoms with Crippen molar-refractivity contribution in [3.05, 3.63) is 17.7 Å². The molecule has 0 spiro atoms. The number of imidazole rings is 1. The molecule has 118 valence electrons. The van der Waals surface area contributed by atoms with E-state index >= 15 is 0 Å². The zero-order chi connectivity index (χ0) is 15.5. The SMILES string of the molecule is Cc1[nH]cnc1CNCCN(C(=O)OC(C)(C)C)C1CC1. The average molecular weight is 294 g/mol. The highest BCUT2D eigenvalue weighted by molar-refractivity contribution is 5.69. The molecule has 0 bridgehead atoms. The maximum Gasteiger partial charge on any atom is 0.410 e. The first-order valence-electron chi connectivity index (χ1n) is 7.56. The molecule has 1 aliphatic rings. The first-order valence-corrected chi connectivity index (χ1v) is 7.56. The van der Waals surface area contributed by atoms with Crippen molar-refractivity contribution in [3.63, 3.8) is 0 Å². The van der Waals surface area contributed by atoms with Crippen LogP contribution < -0.4 is 5.32 Å². The van der Waals surface area contributed by atoms with Crippen molar-refractivity contribution in [2.24, 2.45) is 0 Å². The Kier molecular flexibility index (Phi) is 4.88. The fraction of sp³-hybridized carbons (Fsp3) is 0.733. The number of aryl methyl sites for hydroxylation is 1. The van der Waals surface area contributed by atoms with Crippen LogP contribution in [0, 0.1) is 6.92 Å². The number of ether oxygens (including phenoxy) is 1. The predicted molar refractivity (Wildman–Crippen MR) is 81.0 cm³/mol. The summed E-state index contributed by atoms with van der Waals surface area (Å²) in [5.41, 5.74) is 1.66. The molecule has 2 rings (SSSR count). The van der Waals surface area contributed by atoms with Crippen LogP contribution in [0.1, 0.15) is 45.0 Å². The third-order valence-corrected chi connectivity index (χ3v) is 3.37. The van der Waals surface area contributed by atoms with E-state index in [1.165, 1.54) is 0 Å². The van der Waals surface area contributed by atoms with Crippen LogP contribution in [0.5, 0.6) is 0 Å². The molecule has 0 aliphatic heterocycles. The molecule has 1 fully saturated rings. The van der Waals surface area contributed by atoms with Gasteiger partial charge >= 0.3 is 6.09 Å². The summed E-state index contributed by atoms with van der Waals surface area (Å²) in [4.78, 5) is 21.3. The number of nitrogens with zero attached hydrogens (tertiary/aromatic N) is 2. The molecular weight excluding hydrogens is 268 g/mol. The molecule has 1 heterocycles. The van der Waals surface area contributed by atoms with Gasteiger partial charge in [-0.1, -0.05) is 0 Å². The van der Waals surface area contributed by atoms with Crippen LogP contribution in [0.3, 0.4) is 0 Å². The number of rotatable bonds is 6. The first kappa shape index (κ1) is 15.8. The van der Waals surface area contributed by atoms with Crippen LogP contribution in [-0.2, 0) is 11.3 Å². The van der Waals surface area contributed by atoms with Gasteiger partial charge in [0.2, 0.25) is 0 Å². The Hall–Kier alpha value is -1.56. The van der Waals surface area contributed by atoms with Crippen LogP contribution in [0.4, 0.5) is 4.79 Å². The minimum atomic E-state index is -0.441. The minimum Gasteiger partial charge on any atom is -0.444 e. The lowest BCUT2D eigenvalue weighted by molar-refractivity contribution is 0.0236. The first-order chi connectivity index (χ1) is 9.87. The summed E-state index contributed by atoms with van der Waals surface area (Å²) in [6, 6.07) is 0.355. The quantitative estimate of drug-likeness (QED) is 0.789. The molecule has 2 N–H and O–H groups in total. The van der Waals surface area contributed by atoms with E-state index < -0.39 is 5.60 Å². The van der Waals surface area contributed by atoms with Crippen LogP contribution in [0.15, 0.2) is 6.33 Å². The van der Waals surface area contributed by atoms with Crippen LogP contribution in [-0.4, -0.2) is 45.7 Å². The van der Waals surface area contributed by atoms with E-state index in [1.807, 2.05) is 32.6 Å². The lowest BCUT2D eigenvalue weighted by Crippen LogP contribution is -2.41. The van der Waals surface area contributed by atoms with E-state index in [-0.39, 0.29) is 6.09 Å². The minimum absolute atomic E-state index is 0.206. The Balaban J connectivity index is 1.76. The second-order valence-electron chi connectivity index (χ2n) is 6.56. The van der Waals surface area contributed by atoms with Crippen molar-refractivity contribution in [1.82, 2.24) is 20.2 Å². The van der Waals surface area contributed by atoms with Gasteiger partial charge in [-0.15, -0.1) is 0 Å². The highest BCUT2D eigenvalue weighted by Gasteiger charge is 2.34. The number of aromatic nitrogens is 2. The smallest absolute Gasteiger partial charge is 0.410 e. The Labute approximate surface area is 126 Å². The van der Waals surface area contributed by atoms with Gasteiger partial charge in [-0.3, -0.25) is 0 Å². The maximum absolute atomic E-state index is 12.2. The molecule has 1 aliphatic carbocycles. The van der Waals surface area contributed by atoms with E-state index in [9.17, 15) is 4.79 Å². The normalized spacial score (nSPS) is 15.0. The summed E-state index contributed by atoms with van der Waals surface area (Å²) in [7, 11) is 0. The highest BCUT2D eigenvalue weighted by Crippen LogP contribution is 2.28. The largest absolute Gasteiger partial charge is 0.444 e. The summed E-state index contributed by atoms with van der Waals surface area (Å²) in [5.74, 6) is 0. The summed E-state index contributed by atoms with van der Waals surface area (Å²) < 4.78 is 5.47. The van der Waals surface area contributed by atoms with Crippen LogP contribution in [0.2, 0.25) is 0 Å². The Morgan fingerprint density at radius 3 is 2.76 bits per heavy atom. The number of carbonyl (C=O) groups is 1.